The van der Waals surface area contributed by atoms with Crippen molar-refractivity contribution in [1.29, 1.82) is 0 Å². The summed E-state index contributed by atoms with van der Waals surface area (Å²) in [5, 5.41) is 0. The molecule has 0 saturated carbocycles. The van der Waals surface area contributed by atoms with Crippen molar-refractivity contribution in [3.05, 3.63) is 53.8 Å². The Morgan fingerprint density at radius 1 is 0.824 bits per heavy atom. The van der Waals surface area contributed by atoms with Gasteiger partial charge in [-0.05, 0) is 29.8 Å². The highest BCUT2D eigenvalue weighted by Crippen LogP contribution is 2.27. The zero-order valence-corrected chi connectivity index (χ0v) is 9.01. The van der Waals surface area contributed by atoms with E-state index in [0.717, 1.165) is 12.1 Å². The summed E-state index contributed by atoms with van der Waals surface area (Å²) in [6.45, 7) is 0. The Balaban J connectivity index is 2.49. The minimum absolute atomic E-state index is 0.199. The van der Waals surface area contributed by atoms with E-state index in [2.05, 4.69) is 0 Å². The van der Waals surface area contributed by atoms with Gasteiger partial charge in [0.15, 0.2) is 11.6 Å². The zero-order chi connectivity index (χ0) is 12.4. The minimum atomic E-state index is -1.00. The van der Waals surface area contributed by atoms with Crippen molar-refractivity contribution in [3.63, 3.8) is 0 Å². The number of ether oxygens (including phenoxy) is 1. The fourth-order valence-corrected chi connectivity index (χ4v) is 1.52. The van der Waals surface area contributed by atoms with Crippen LogP contribution in [0.2, 0.25) is 0 Å². The largest absolute Gasteiger partial charge is 0.497 e. The SMILES string of the molecule is COc1ccc(-c2ccc(F)c(F)c2)c(F)c1. The zero-order valence-electron chi connectivity index (χ0n) is 9.01. The molecule has 0 radical (unpaired) electrons. The molecule has 0 atom stereocenters. The second-order valence-corrected chi connectivity index (χ2v) is 3.47. The van der Waals surface area contributed by atoms with Crippen LogP contribution in [0.1, 0.15) is 0 Å². The van der Waals surface area contributed by atoms with Gasteiger partial charge < -0.3 is 4.74 Å². The normalized spacial score (nSPS) is 10.4. The fourth-order valence-electron chi connectivity index (χ4n) is 1.52. The van der Waals surface area contributed by atoms with Crippen LogP contribution < -0.4 is 4.74 Å². The van der Waals surface area contributed by atoms with Gasteiger partial charge in [-0.25, -0.2) is 13.2 Å². The van der Waals surface area contributed by atoms with Crippen molar-refractivity contribution >= 4 is 0 Å². The standard InChI is InChI=1S/C13H9F3O/c1-17-9-3-4-10(12(15)7-9)8-2-5-11(14)13(16)6-8/h2-7H,1H3. The van der Waals surface area contributed by atoms with Crippen molar-refractivity contribution < 1.29 is 17.9 Å². The van der Waals surface area contributed by atoms with Gasteiger partial charge in [0, 0.05) is 11.6 Å². The van der Waals surface area contributed by atoms with E-state index in [4.69, 9.17) is 4.74 Å². The smallest absolute Gasteiger partial charge is 0.159 e. The number of methoxy groups -OCH3 is 1. The minimum Gasteiger partial charge on any atom is -0.497 e. The maximum absolute atomic E-state index is 13.7. The summed E-state index contributed by atoms with van der Waals surface area (Å²) in [5.41, 5.74) is 0.480. The van der Waals surface area contributed by atoms with Crippen LogP contribution in [-0.2, 0) is 0 Å². The van der Waals surface area contributed by atoms with Crippen LogP contribution in [0.3, 0.4) is 0 Å². The van der Waals surface area contributed by atoms with E-state index in [9.17, 15) is 13.2 Å². The first-order chi connectivity index (χ1) is 8.11. The van der Waals surface area contributed by atoms with Crippen molar-refractivity contribution in [2.75, 3.05) is 7.11 Å². The lowest BCUT2D eigenvalue weighted by molar-refractivity contribution is 0.411. The molecule has 0 saturated heterocycles. The third-order valence-corrected chi connectivity index (χ3v) is 2.41. The third-order valence-electron chi connectivity index (χ3n) is 2.41. The Bertz CT molecular complexity index is 552. The molecule has 0 aliphatic heterocycles. The molecule has 2 aromatic rings. The summed E-state index contributed by atoms with van der Waals surface area (Å²) in [6, 6.07) is 7.45. The van der Waals surface area contributed by atoms with E-state index in [0.29, 0.717) is 5.75 Å². The number of rotatable bonds is 2. The summed E-state index contributed by atoms with van der Waals surface area (Å²) in [7, 11) is 1.42. The summed E-state index contributed by atoms with van der Waals surface area (Å²) < 4.78 is 44.3. The lowest BCUT2D eigenvalue weighted by Gasteiger charge is -2.06. The Kier molecular flexibility index (Phi) is 3.04. The van der Waals surface area contributed by atoms with Gasteiger partial charge in [0.2, 0.25) is 0 Å². The highest BCUT2D eigenvalue weighted by molar-refractivity contribution is 5.65. The Labute approximate surface area is 96.5 Å². The highest BCUT2D eigenvalue weighted by Gasteiger charge is 2.09. The van der Waals surface area contributed by atoms with E-state index in [1.165, 1.54) is 25.3 Å². The molecule has 0 fully saturated rings. The molecule has 0 spiro atoms. The van der Waals surface area contributed by atoms with Gasteiger partial charge >= 0.3 is 0 Å². The van der Waals surface area contributed by atoms with E-state index in [-0.39, 0.29) is 11.1 Å². The molecule has 4 heteroatoms. The molecular weight excluding hydrogens is 229 g/mol. The molecule has 0 heterocycles. The number of halogens is 3. The topological polar surface area (TPSA) is 9.23 Å². The van der Waals surface area contributed by atoms with Crippen LogP contribution in [0.15, 0.2) is 36.4 Å². The second-order valence-electron chi connectivity index (χ2n) is 3.47. The lowest BCUT2D eigenvalue weighted by Crippen LogP contribution is -1.90. The molecule has 0 unspecified atom stereocenters. The molecule has 0 aliphatic carbocycles. The predicted molar refractivity (Wildman–Crippen MR) is 58.3 cm³/mol. The van der Waals surface area contributed by atoms with E-state index < -0.39 is 17.5 Å². The quantitative estimate of drug-likeness (QED) is 0.773. The van der Waals surface area contributed by atoms with Crippen LogP contribution in [-0.4, -0.2) is 7.11 Å². The highest BCUT2D eigenvalue weighted by atomic mass is 19.2. The first-order valence-electron chi connectivity index (χ1n) is 4.91. The molecule has 17 heavy (non-hydrogen) atoms. The number of hydrogen-bond acceptors (Lipinski definition) is 1. The maximum Gasteiger partial charge on any atom is 0.159 e. The second kappa shape index (κ2) is 4.49. The number of hydrogen-bond donors (Lipinski definition) is 0. The van der Waals surface area contributed by atoms with Crippen LogP contribution in [0.4, 0.5) is 13.2 Å². The van der Waals surface area contributed by atoms with Crippen molar-refractivity contribution in [3.8, 4) is 16.9 Å². The van der Waals surface area contributed by atoms with Crippen molar-refractivity contribution in [2.24, 2.45) is 0 Å². The van der Waals surface area contributed by atoms with Crippen molar-refractivity contribution in [2.45, 2.75) is 0 Å². The summed E-state index contributed by atoms with van der Waals surface area (Å²) in [6.07, 6.45) is 0. The van der Waals surface area contributed by atoms with Gasteiger partial charge in [-0.15, -0.1) is 0 Å². The van der Waals surface area contributed by atoms with Crippen LogP contribution in [0.25, 0.3) is 11.1 Å². The molecule has 0 bridgehead atoms. The molecule has 0 amide bonds. The maximum atomic E-state index is 13.7. The van der Waals surface area contributed by atoms with E-state index in [1.807, 2.05) is 0 Å². The molecule has 1 nitrogen and oxygen atoms in total. The molecule has 0 aliphatic rings. The first kappa shape index (κ1) is 11.5. The summed E-state index contributed by atoms with van der Waals surface area (Å²) in [4.78, 5) is 0. The molecule has 0 N–H and O–H groups in total. The summed E-state index contributed by atoms with van der Waals surface area (Å²) in [5.74, 6) is -2.13. The van der Waals surface area contributed by atoms with E-state index in [1.54, 1.807) is 6.07 Å². The van der Waals surface area contributed by atoms with Gasteiger partial charge in [0.25, 0.3) is 0 Å². The van der Waals surface area contributed by atoms with Crippen LogP contribution in [0.5, 0.6) is 5.75 Å². The predicted octanol–water partition coefficient (Wildman–Crippen LogP) is 3.78. The average Bonchev–Trinajstić information content (AvgIpc) is 2.32. The van der Waals surface area contributed by atoms with Crippen molar-refractivity contribution in [1.82, 2.24) is 0 Å². The van der Waals surface area contributed by atoms with Gasteiger partial charge in [-0.2, -0.15) is 0 Å². The molecule has 2 rings (SSSR count). The lowest BCUT2D eigenvalue weighted by atomic mass is 10.0. The Hall–Kier alpha value is -1.97. The first-order valence-corrected chi connectivity index (χ1v) is 4.91. The average molecular weight is 238 g/mol. The molecule has 2 aromatic carbocycles. The fraction of sp³-hybridized carbons (Fsp3) is 0.0769. The van der Waals surface area contributed by atoms with Gasteiger partial charge in [0.1, 0.15) is 11.6 Å². The summed E-state index contributed by atoms with van der Waals surface area (Å²) >= 11 is 0. The third kappa shape index (κ3) is 2.25. The molecule has 0 aromatic heterocycles. The number of benzene rings is 2. The van der Waals surface area contributed by atoms with Gasteiger partial charge in [0.05, 0.1) is 7.11 Å². The van der Waals surface area contributed by atoms with E-state index >= 15 is 0 Å². The Morgan fingerprint density at radius 3 is 2.18 bits per heavy atom. The Morgan fingerprint density at radius 2 is 1.59 bits per heavy atom. The van der Waals surface area contributed by atoms with Gasteiger partial charge in [-0.1, -0.05) is 6.07 Å². The monoisotopic (exact) mass is 238 g/mol. The van der Waals surface area contributed by atoms with Crippen LogP contribution >= 0.6 is 0 Å². The molecular formula is C13H9F3O. The van der Waals surface area contributed by atoms with Gasteiger partial charge in [-0.3, -0.25) is 0 Å². The van der Waals surface area contributed by atoms with Crippen LogP contribution in [0, 0.1) is 17.5 Å². The molecule has 88 valence electrons.